The Kier molecular flexibility index (Phi) is 4.47. The monoisotopic (exact) mass is 348 g/mol. The number of benzene rings is 1. The van der Waals surface area contributed by atoms with Gasteiger partial charge in [-0.2, -0.15) is 0 Å². The average Bonchev–Trinajstić information content (AvgIpc) is 2.81. The molecule has 3 rings (SSSR count). The SMILES string of the molecule is Cc1sc2ncnc(SCC(=O)c3ccc(Cl)cc3)c2c1C. The molecule has 0 amide bonds. The van der Waals surface area contributed by atoms with Crippen molar-refractivity contribution < 1.29 is 4.79 Å². The third-order valence-electron chi connectivity index (χ3n) is 3.44. The molecule has 0 unspecified atom stereocenters. The first-order valence-corrected chi connectivity index (χ1v) is 8.86. The maximum Gasteiger partial charge on any atom is 0.173 e. The second kappa shape index (κ2) is 6.36. The molecule has 0 spiro atoms. The first-order chi connectivity index (χ1) is 10.6. The van der Waals surface area contributed by atoms with Crippen LogP contribution in [0.3, 0.4) is 0 Å². The van der Waals surface area contributed by atoms with Gasteiger partial charge in [0.15, 0.2) is 5.78 Å². The van der Waals surface area contributed by atoms with E-state index in [4.69, 9.17) is 11.6 Å². The first-order valence-electron chi connectivity index (χ1n) is 6.68. The Bertz CT molecular complexity index is 843. The predicted octanol–water partition coefficient (Wildman–Crippen LogP) is 4.94. The lowest BCUT2D eigenvalue weighted by Crippen LogP contribution is -2.02. The zero-order valence-corrected chi connectivity index (χ0v) is 14.5. The molecule has 22 heavy (non-hydrogen) atoms. The summed E-state index contributed by atoms with van der Waals surface area (Å²) in [4.78, 5) is 23.1. The zero-order chi connectivity index (χ0) is 15.7. The van der Waals surface area contributed by atoms with Gasteiger partial charge in [-0.05, 0) is 43.7 Å². The molecule has 0 saturated carbocycles. The van der Waals surface area contributed by atoms with Crippen molar-refractivity contribution in [1.82, 2.24) is 9.97 Å². The highest BCUT2D eigenvalue weighted by atomic mass is 35.5. The molecule has 0 fully saturated rings. The van der Waals surface area contributed by atoms with E-state index < -0.39 is 0 Å². The molecular weight excluding hydrogens is 336 g/mol. The number of ketones is 1. The summed E-state index contributed by atoms with van der Waals surface area (Å²) in [7, 11) is 0. The highest BCUT2D eigenvalue weighted by Crippen LogP contribution is 2.34. The third-order valence-corrected chi connectivity index (χ3v) is 5.79. The van der Waals surface area contributed by atoms with E-state index in [-0.39, 0.29) is 5.78 Å². The van der Waals surface area contributed by atoms with Crippen LogP contribution in [0.2, 0.25) is 5.02 Å². The van der Waals surface area contributed by atoms with Crippen LogP contribution in [0.4, 0.5) is 0 Å². The predicted molar refractivity (Wildman–Crippen MR) is 93.4 cm³/mol. The number of Topliss-reactive ketones (excluding diaryl/α,β-unsaturated/α-hetero) is 1. The van der Waals surface area contributed by atoms with Gasteiger partial charge in [-0.15, -0.1) is 11.3 Å². The van der Waals surface area contributed by atoms with Crippen molar-refractivity contribution in [2.45, 2.75) is 18.9 Å². The summed E-state index contributed by atoms with van der Waals surface area (Å²) in [5.74, 6) is 0.417. The van der Waals surface area contributed by atoms with Gasteiger partial charge in [-0.1, -0.05) is 23.4 Å². The van der Waals surface area contributed by atoms with Gasteiger partial charge < -0.3 is 0 Å². The molecule has 0 aliphatic rings. The standard InChI is InChI=1S/C16H13ClN2OS2/c1-9-10(2)22-16-14(9)15(18-8-19-16)21-7-13(20)11-3-5-12(17)6-4-11/h3-6,8H,7H2,1-2H3. The molecule has 0 bridgehead atoms. The number of nitrogens with zero attached hydrogens (tertiary/aromatic N) is 2. The van der Waals surface area contributed by atoms with Gasteiger partial charge >= 0.3 is 0 Å². The summed E-state index contributed by atoms with van der Waals surface area (Å²) in [5.41, 5.74) is 1.86. The average molecular weight is 349 g/mol. The van der Waals surface area contributed by atoms with Crippen LogP contribution in [0.15, 0.2) is 35.6 Å². The summed E-state index contributed by atoms with van der Waals surface area (Å²) < 4.78 is 0. The molecule has 3 aromatic rings. The number of aromatic nitrogens is 2. The van der Waals surface area contributed by atoms with Crippen LogP contribution in [0.5, 0.6) is 0 Å². The van der Waals surface area contributed by atoms with Crippen molar-refractivity contribution in [3.63, 3.8) is 0 Å². The number of thioether (sulfide) groups is 1. The number of aryl methyl sites for hydroxylation is 2. The van der Waals surface area contributed by atoms with Crippen molar-refractivity contribution >= 4 is 50.7 Å². The van der Waals surface area contributed by atoms with Gasteiger partial charge in [0.25, 0.3) is 0 Å². The van der Waals surface area contributed by atoms with E-state index in [9.17, 15) is 4.79 Å². The highest BCUT2D eigenvalue weighted by molar-refractivity contribution is 8.00. The van der Waals surface area contributed by atoms with E-state index in [1.54, 1.807) is 41.9 Å². The summed E-state index contributed by atoms with van der Waals surface area (Å²) in [6.45, 7) is 4.15. The van der Waals surface area contributed by atoms with Crippen LogP contribution in [-0.4, -0.2) is 21.5 Å². The molecule has 0 atom stereocenters. The molecule has 3 nitrogen and oxygen atoms in total. The topological polar surface area (TPSA) is 42.9 Å². The largest absolute Gasteiger partial charge is 0.293 e. The lowest BCUT2D eigenvalue weighted by Gasteiger charge is -2.03. The molecule has 0 radical (unpaired) electrons. The van der Waals surface area contributed by atoms with Crippen LogP contribution in [0.25, 0.3) is 10.2 Å². The fourth-order valence-corrected chi connectivity index (χ4v) is 4.25. The highest BCUT2D eigenvalue weighted by Gasteiger charge is 2.14. The normalized spacial score (nSPS) is 11.0. The van der Waals surface area contributed by atoms with Crippen LogP contribution in [0, 0.1) is 13.8 Å². The van der Waals surface area contributed by atoms with Gasteiger partial charge in [-0.25, -0.2) is 9.97 Å². The number of halogens is 1. The minimum atomic E-state index is 0.0676. The molecule has 1 aromatic carbocycles. The Balaban J connectivity index is 1.82. The number of thiophene rings is 1. The third kappa shape index (κ3) is 3.02. The number of carbonyl (C=O) groups is 1. The van der Waals surface area contributed by atoms with E-state index >= 15 is 0 Å². The van der Waals surface area contributed by atoms with Gasteiger partial charge in [0.2, 0.25) is 0 Å². The molecular formula is C16H13ClN2OS2. The Morgan fingerprint density at radius 2 is 1.95 bits per heavy atom. The molecule has 2 heterocycles. The maximum atomic E-state index is 12.3. The van der Waals surface area contributed by atoms with Crippen molar-refractivity contribution in [3.8, 4) is 0 Å². The van der Waals surface area contributed by atoms with E-state index in [1.165, 1.54) is 22.2 Å². The van der Waals surface area contributed by atoms with Crippen molar-refractivity contribution in [1.29, 1.82) is 0 Å². The molecule has 0 N–H and O–H groups in total. The van der Waals surface area contributed by atoms with Crippen molar-refractivity contribution in [2.75, 3.05) is 5.75 Å². The van der Waals surface area contributed by atoms with Crippen LogP contribution in [0.1, 0.15) is 20.8 Å². The number of hydrogen-bond acceptors (Lipinski definition) is 5. The fourth-order valence-electron chi connectivity index (χ4n) is 2.11. The minimum absolute atomic E-state index is 0.0676. The summed E-state index contributed by atoms with van der Waals surface area (Å²) >= 11 is 8.96. The number of fused-ring (bicyclic) bond motifs is 1. The van der Waals surface area contributed by atoms with E-state index in [2.05, 4.69) is 23.8 Å². The van der Waals surface area contributed by atoms with Crippen LogP contribution in [-0.2, 0) is 0 Å². The molecule has 112 valence electrons. The van der Waals surface area contributed by atoms with Gasteiger partial charge in [0.05, 0.1) is 5.75 Å². The molecule has 0 saturated heterocycles. The van der Waals surface area contributed by atoms with Gasteiger partial charge in [0, 0.05) is 20.8 Å². The number of rotatable bonds is 4. The van der Waals surface area contributed by atoms with E-state index in [1.807, 2.05) is 0 Å². The second-order valence-electron chi connectivity index (χ2n) is 4.86. The van der Waals surface area contributed by atoms with Crippen molar-refractivity contribution in [3.05, 3.63) is 51.6 Å². The molecule has 0 aliphatic carbocycles. The number of hydrogen-bond donors (Lipinski definition) is 0. The lowest BCUT2D eigenvalue weighted by molar-refractivity contribution is 0.102. The van der Waals surface area contributed by atoms with Gasteiger partial charge in [-0.3, -0.25) is 4.79 Å². The smallest absolute Gasteiger partial charge is 0.173 e. The van der Waals surface area contributed by atoms with E-state index in [0.29, 0.717) is 16.3 Å². The van der Waals surface area contributed by atoms with Gasteiger partial charge in [0.1, 0.15) is 16.2 Å². The number of carbonyl (C=O) groups excluding carboxylic acids is 1. The lowest BCUT2D eigenvalue weighted by atomic mass is 10.1. The van der Waals surface area contributed by atoms with Crippen molar-refractivity contribution in [2.24, 2.45) is 0 Å². The minimum Gasteiger partial charge on any atom is -0.293 e. The maximum absolute atomic E-state index is 12.3. The Morgan fingerprint density at radius 3 is 2.68 bits per heavy atom. The van der Waals surface area contributed by atoms with Crippen LogP contribution >= 0.6 is 34.7 Å². The first kappa shape index (κ1) is 15.5. The van der Waals surface area contributed by atoms with Crippen LogP contribution < -0.4 is 0 Å². The Labute approximate surface area is 141 Å². The zero-order valence-electron chi connectivity index (χ0n) is 12.1. The summed E-state index contributed by atoms with van der Waals surface area (Å²) in [6, 6.07) is 6.96. The Morgan fingerprint density at radius 1 is 1.23 bits per heavy atom. The summed E-state index contributed by atoms with van der Waals surface area (Å²) in [6.07, 6.45) is 1.56. The second-order valence-corrected chi connectivity index (χ2v) is 7.46. The summed E-state index contributed by atoms with van der Waals surface area (Å²) in [5, 5.41) is 2.57. The quantitative estimate of drug-likeness (QED) is 0.380. The molecule has 6 heteroatoms. The molecule has 2 aromatic heterocycles. The fraction of sp³-hybridized carbons (Fsp3) is 0.188. The Hall–Kier alpha value is -1.43. The molecule has 0 aliphatic heterocycles. The van der Waals surface area contributed by atoms with E-state index in [0.717, 1.165) is 15.2 Å².